The lowest BCUT2D eigenvalue weighted by molar-refractivity contribution is -0.143. The van der Waals surface area contributed by atoms with Gasteiger partial charge in [0.15, 0.2) is 0 Å². The van der Waals surface area contributed by atoms with Gasteiger partial charge in [0.25, 0.3) is 0 Å². The molecule has 0 bridgehead atoms. The summed E-state index contributed by atoms with van der Waals surface area (Å²) in [5, 5.41) is 9.22. The van der Waals surface area contributed by atoms with E-state index >= 15 is 0 Å². The molecule has 0 amide bonds. The van der Waals surface area contributed by atoms with E-state index in [1.54, 1.807) is 13.0 Å². The van der Waals surface area contributed by atoms with Gasteiger partial charge in [-0.1, -0.05) is 13.0 Å². The zero-order valence-corrected chi connectivity index (χ0v) is 12.1. The van der Waals surface area contributed by atoms with Crippen LogP contribution in [0.3, 0.4) is 0 Å². The minimum atomic E-state index is -1.00. The number of carbonyl (C=O) groups excluding carboxylic acids is 1. The zero-order chi connectivity index (χ0) is 15.4. The van der Waals surface area contributed by atoms with E-state index in [0.29, 0.717) is 25.1 Å². The summed E-state index contributed by atoms with van der Waals surface area (Å²) >= 11 is 0. The summed E-state index contributed by atoms with van der Waals surface area (Å²) in [7, 11) is 0. The minimum Gasteiger partial charge on any atom is -0.478 e. The fourth-order valence-electron chi connectivity index (χ4n) is 2.32. The maximum absolute atomic E-state index is 11.5. The number of imidazole rings is 1. The second kappa shape index (κ2) is 6.39. The summed E-state index contributed by atoms with van der Waals surface area (Å²) in [6, 6.07) is 5.04. The maximum atomic E-state index is 11.5. The highest BCUT2D eigenvalue weighted by molar-refractivity contribution is 6.01. The molecule has 0 aliphatic rings. The molecule has 6 heteroatoms. The normalized spacial score (nSPS) is 10.8. The van der Waals surface area contributed by atoms with Gasteiger partial charge in [0, 0.05) is 13.0 Å². The summed E-state index contributed by atoms with van der Waals surface area (Å²) in [4.78, 5) is 27.2. The number of rotatable bonds is 6. The van der Waals surface area contributed by atoms with Crippen molar-refractivity contribution in [1.82, 2.24) is 9.55 Å². The van der Waals surface area contributed by atoms with Crippen molar-refractivity contribution >= 4 is 23.0 Å². The van der Waals surface area contributed by atoms with Gasteiger partial charge in [-0.2, -0.15) is 0 Å². The molecule has 2 aromatic rings. The van der Waals surface area contributed by atoms with Crippen molar-refractivity contribution in [3.63, 3.8) is 0 Å². The van der Waals surface area contributed by atoms with Crippen LogP contribution < -0.4 is 0 Å². The van der Waals surface area contributed by atoms with E-state index in [9.17, 15) is 14.7 Å². The molecule has 1 N–H and O–H groups in total. The number of hydrogen-bond donors (Lipinski definition) is 1. The van der Waals surface area contributed by atoms with Crippen LogP contribution in [0.1, 0.15) is 36.5 Å². The van der Waals surface area contributed by atoms with Gasteiger partial charge in [-0.3, -0.25) is 4.79 Å². The van der Waals surface area contributed by atoms with Gasteiger partial charge in [0.1, 0.15) is 11.3 Å². The zero-order valence-electron chi connectivity index (χ0n) is 12.1. The van der Waals surface area contributed by atoms with Crippen molar-refractivity contribution < 1.29 is 19.4 Å². The van der Waals surface area contributed by atoms with Crippen molar-refractivity contribution in [2.45, 2.75) is 33.2 Å². The molecule has 0 aliphatic carbocycles. The molecule has 2 rings (SSSR count). The van der Waals surface area contributed by atoms with Crippen molar-refractivity contribution in [2.24, 2.45) is 0 Å². The molecule has 0 spiro atoms. The highest BCUT2D eigenvalue weighted by Gasteiger charge is 2.16. The molecule has 1 aromatic heterocycles. The number of aromatic carboxylic acids is 1. The van der Waals surface area contributed by atoms with Crippen molar-refractivity contribution in [2.75, 3.05) is 6.61 Å². The Balaban J connectivity index is 2.40. The maximum Gasteiger partial charge on any atom is 0.337 e. The first-order chi connectivity index (χ1) is 10.1. The monoisotopic (exact) mass is 290 g/mol. The molecule has 0 aliphatic heterocycles. The lowest BCUT2D eigenvalue weighted by Gasteiger charge is -2.07. The van der Waals surface area contributed by atoms with Gasteiger partial charge in [0.2, 0.25) is 0 Å². The number of aromatic nitrogens is 2. The number of esters is 1. The van der Waals surface area contributed by atoms with E-state index in [0.717, 1.165) is 11.3 Å². The number of carbonyl (C=O) groups is 2. The summed E-state index contributed by atoms with van der Waals surface area (Å²) in [5.41, 5.74) is 1.37. The molecule has 0 saturated carbocycles. The fourth-order valence-corrected chi connectivity index (χ4v) is 2.32. The number of ether oxygens (including phenoxy) is 1. The first kappa shape index (κ1) is 15.0. The van der Waals surface area contributed by atoms with Gasteiger partial charge >= 0.3 is 11.9 Å². The molecule has 0 fully saturated rings. The lowest BCUT2D eigenvalue weighted by Crippen LogP contribution is -2.10. The van der Waals surface area contributed by atoms with Crippen LogP contribution >= 0.6 is 0 Å². The predicted molar refractivity (Wildman–Crippen MR) is 77.3 cm³/mol. The Kier molecular flexibility index (Phi) is 4.57. The smallest absolute Gasteiger partial charge is 0.337 e. The molecular formula is C15H18N2O4. The van der Waals surface area contributed by atoms with Gasteiger partial charge in [-0.05, 0) is 19.1 Å². The second-order valence-electron chi connectivity index (χ2n) is 4.57. The van der Waals surface area contributed by atoms with E-state index in [-0.39, 0.29) is 18.0 Å². The number of fused-ring (bicyclic) bond motifs is 1. The van der Waals surface area contributed by atoms with Crippen LogP contribution in [0.2, 0.25) is 0 Å². The highest BCUT2D eigenvalue weighted by atomic mass is 16.5. The minimum absolute atomic E-state index is 0.178. The molecule has 0 saturated heterocycles. The molecule has 0 unspecified atom stereocenters. The van der Waals surface area contributed by atoms with E-state index in [1.807, 2.05) is 17.6 Å². The number of carboxylic acids is 1. The van der Waals surface area contributed by atoms with Gasteiger partial charge in [-0.15, -0.1) is 0 Å². The van der Waals surface area contributed by atoms with Crippen LogP contribution in [-0.2, 0) is 22.5 Å². The number of carboxylic acid groups (broad SMARTS) is 1. The van der Waals surface area contributed by atoms with Crippen LogP contribution in [0.25, 0.3) is 11.0 Å². The average Bonchev–Trinajstić information content (AvgIpc) is 2.82. The number of hydrogen-bond acceptors (Lipinski definition) is 4. The van der Waals surface area contributed by atoms with Crippen LogP contribution in [0.15, 0.2) is 18.2 Å². The fraction of sp³-hybridized carbons (Fsp3) is 0.400. The average molecular weight is 290 g/mol. The predicted octanol–water partition coefficient (Wildman–Crippen LogP) is 2.25. The standard InChI is InChI=1S/C15H18N2O4/c1-3-12-16-14-10(15(19)20)6-5-7-11(14)17(12)9-8-13(18)21-4-2/h5-7H,3-4,8-9H2,1-2H3,(H,19,20). The SMILES string of the molecule is CCOC(=O)CCn1c(CC)nc2c(C(=O)O)cccc21. The van der Waals surface area contributed by atoms with Crippen LogP contribution in [0.4, 0.5) is 0 Å². The first-order valence-corrected chi connectivity index (χ1v) is 6.95. The van der Waals surface area contributed by atoms with E-state index < -0.39 is 5.97 Å². The molecule has 1 heterocycles. The Morgan fingerprint density at radius 2 is 2.10 bits per heavy atom. The Morgan fingerprint density at radius 1 is 1.33 bits per heavy atom. The molecular weight excluding hydrogens is 272 g/mol. The number of aryl methyl sites for hydroxylation is 2. The number of benzene rings is 1. The summed E-state index contributed by atoms with van der Waals surface area (Å²) < 4.78 is 6.81. The van der Waals surface area contributed by atoms with E-state index in [4.69, 9.17) is 4.74 Å². The molecule has 21 heavy (non-hydrogen) atoms. The molecule has 0 atom stereocenters. The molecule has 6 nitrogen and oxygen atoms in total. The summed E-state index contributed by atoms with van der Waals surface area (Å²) in [6.07, 6.45) is 0.903. The van der Waals surface area contributed by atoms with Gasteiger partial charge in [0.05, 0.1) is 24.1 Å². The van der Waals surface area contributed by atoms with Crippen LogP contribution in [0, 0.1) is 0 Å². The molecule has 0 radical (unpaired) electrons. The largest absolute Gasteiger partial charge is 0.478 e. The number of para-hydroxylation sites is 1. The Labute approximate surface area is 122 Å². The highest BCUT2D eigenvalue weighted by Crippen LogP contribution is 2.21. The van der Waals surface area contributed by atoms with E-state index in [1.165, 1.54) is 6.07 Å². The quantitative estimate of drug-likeness (QED) is 0.825. The van der Waals surface area contributed by atoms with E-state index in [2.05, 4.69) is 4.98 Å². The summed E-state index contributed by atoms with van der Waals surface area (Å²) in [5.74, 6) is -0.503. The third-order valence-corrected chi connectivity index (χ3v) is 3.25. The third-order valence-electron chi connectivity index (χ3n) is 3.25. The molecule has 112 valence electrons. The van der Waals surface area contributed by atoms with Crippen LogP contribution in [-0.4, -0.2) is 33.2 Å². The lowest BCUT2D eigenvalue weighted by atomic mass is 10.2. The van der Waals surface area contributed by atoms with Crippen LogP contribution in [0.5, 0.6) is 0 Å². The molecule has 1 aromatic carbocycles. The Morgan fingerprint density at radius 3 is 2.71 bits per heavy atom. The first-order valence-electron chi connectivity index (χ1n) is 6.95. The van der Waals surface area contributed by atoms with Gasteiger partial charge < -0.3 is 14.4 Å². The summed E-state index contributed by atoms with van der Waals surface area (Å²) in [6.45, 7) is 4.50. The van der Waals surface area contributed by atoms with Crippen molar-refractivity contribution in [1.29, 1.82) is 0 Å². The van der Waals surface area contributed by atoms with Crippen molar-refractivity contribution in [3.8, 4) is 0 Å². The topological polar surface area (TPSA) is 81.4 Å². The van der Waals surface area contributed by atoms with Crippen molar-refractivity contribution in [3.05, 3.63) is 29.6 Å². The number of nitrogens with zero attached hydrogens (tertiary/aromatic N) is 2. The van der Waals surface area contributed by atoms with Gasteiger partial charge in [-0.25, -0.2) is 9.78 Å². The third kappa shape index (κ3) is 3.04. The Bertz CT molecular complexity index is 676. The second-order valence-corrected chi connectivity index (χ2v) is 4.57. The Hall–Kier alpha value is -2.37.